The van der Waals surface area contributed by atoms with Crippen LogP contribution in [0.5, 0.6) is 0 Å². The number of piperazine rings is 1. The van der Waals surface area contributed by atoms with Crippen molar-refractivity contribution in [3.05, 3.63) is 48.3 Å². The number of thiocarbonyl (C=S) groups is 1. The molecule has 2 aliphatic heterocycles. The summed E-state index contributed by atoms with van der Waals surface area (Å²) in [6.07, 6.45) is 2.65. The van der Waals surface area contributed by atoms with E-state index in [1.807, 2.05) is 24.3 Å². The minimum absolute atomic E-state index is 0.663. The maximum atomic E-state index is 5.90. The first-order chi connectivity index (χ1) is 13.6. The average Bonchev–Trinajstić information content (AvgIpc) is 2.73. The summed E-state index contributed by atoms with van der Waals surface area (Å²) in [6, 6.07) is 12.0. The van der Waals surface area contributed by atoms with Gasteiger partial charge < -0.3 is 20.4 Å². The molecule has 0 radical (unpaired) electrons. The van der Waals surface area contributed by atoms with E-state index < -0.39 is 0 Å². The third-order valence-electron chi connectivity index (χ3n) is 5.24. The van der Waals surface area contributed by atoms with Crippen LogP contribution in [0.4, 0.5) is 17.1 Å². The van der Waals surface area contributed by atoms with Crippen LogP contribution in [-0.4, -0.2) is 60.5 Å². The highest BCUT2D eigenvalue weighted by Crippen LogP contribution is 2.23. The highest BCUT2D eigenvalue weighted by Gasteiger charge is 2.22. The molecule has 2 aliphatic rings. The van der Waals surface area contributed by atoms with Crippen LogP contribution in [0, 0.1) is 0 Å². The van der Waals surface area contributed by atoms with Crippen molar-refractivity contribution in [1.82, 2.24) is 15.3 Å². The van der Waals surface area contributed by atoms with E-state index in [-0.39, 0.29) is 0 Å². The van der Waals surface area contributed by atoms with Gasteiger partial charge in [-0.2, -0.15) is 5.10 Å². The van der Waals surface area contributed by atoms with Crippen LogP contribution < -0.4 is 21.0 Å². The fourth-order valence-corrected chi connectivity index (χ4v) is 3.85. The van der Waals surface area contributed by atoms with E-state index in [4.69, 9.17) is 18.0 Å². The standard InChI is InChI=1S/C20H25N7S/c1-25-9-7-17(19-18(25)6-3-8-22-19)23-24-20(28)27-12-10-26(11-13-27)16-5-2-4-15(21)14-16/h2-6,8,14H,7,9-13,21H2,1H3,(H,24,28)/b23-17-. The fourth-order valence-electron chi connectivity index (χ4n) is 3.62. The van der Waals surface area contributed by atoms with Gasteiger partial charge in [0.2, 0.25) is 0 Å². The number of hydrogen-bond acceptors (Lipinski definition) is 6. The van der Waals surface area contributed by atoms with Crippen molar-refractivity contribution in [3.63, 3.8) is 0 Å². The zero-order valence-electron chi connectivity index (χ0n) is 16.0. The summed E-state index contributed by atoms with van der Waals surface area (Å²) in [7, 11) is 2.08. The molecule has 7 nitrogen and oxygen atoms in total. The van der Waals surface area contributed by atoms with E-state index >= 15 is 0 Å². The van der Waals surface area contributed by atoms with Crippen molar-refractivity contribution in [2.45, 2.75) is 6.42 Å². The number of benzene rings is 1. The van der Waals surface area contributed by atoms with Gasteiger partial charge in [0.1, 0.15) is 5.69 Å². The molecule has 4 rings (SSSR count). The van der Waals surface area contributed by atoms with Crippen LogP contribution in [0.3, 0.4) is 0 Å². The zero-order chi connectivity index (χ0) is 19.5. The summed E-state index contributed by atoms with van der Waals surface area (Å²) in [5.74, 6) is 0. The molecule has 1 aromatic heterocycles. The summed E-state index contributed by atoms with van der Waals surface area (Å²) >= 11 is 5.58. The van der Waals surface area contributed by atoms with Crippen molar-refractivity contribution in [1.29, 1.82) is 0 Å². The highest BCUT2D eigenvalue weighted by molar-refractivity contribution is 7.80. The van der Waals surface area contributed by atoms with Gasteiger partial charge in [-0.15, -0.1) is 0 Å². The number of hydrogen-bond donors (Lipinski definition) is 2. The largest absolute Gasteiger partial charge is 0.399 e. The Balaban J connectivity index is 1.37. The Morgan fingerprint density at radius 3 is 2.75 bits per heavy atom. The van der Waals surface area contributed by atoms with Gasteiger partial charge in [-0.05, 0) is 42.5 Å². The van der Waals surface area contributed by atoms with Crippen molar-refractivity contribution in [3.8, 4) is 0 Å². The predicted molar refractivity (Wildman–Crippen MR) is 119 cm³/mol. The van der Waals surface area contributed by atoms with Gasteiger partial charge in [0.15, 0.2) is 5.11 Å². The summed E-state index contributed by atoms with van der Waals surface area (Å²) in [5, 5.41) is 5.25. The molecule has 0 bridgehead atoms. The zero-order valence-corrected chi connectivity index (χ0v) is 16.8. The van der Waals surface area contributed by atoms with Crippen LogP contribution >= 0.6 is 12.2 Å². The first-order valence-electron chi connectivity index (χ1n) is 9.50. The number of fused-ring (bicyclic) bond motifs is 1. The fraction of sp³-hybridized carbons (Fsp3) is 0.350. The monoisotopic (exact) mass is 395 g/mol. The Morgan fingerprint density at radius 1 is 1.14 bits per heavy atom. The van der Waals surface area contributed by atoms with Gasteiger partial charge in [-0.1, -0.05) is 6.07 Å². The Kier molecular flexibility index (Phi) is 5.29. The minimum Gasteiger partial charge on any atom is -0.399 e. The van der Waals surface area contributed by atoms with Crippen LogP contribution in [0.1, 0.15) is 12.1 Å². The molecule has 8 heteroatoms. The molecule has 0 spiro atoms. The number of rotatable bonds is 2. The molecule has 2 aromatic rings. The first kappa shape index (κ1) is 18.5. The third-order valence-corrected chi connectivity index (χ3v) is 5.59. The molecular formula is C20H25N7S. The van der Waals surface area contributed by atoms with E-state index in [1.54, 1.807) is 6.20 Å². The van der Waals surface area contributed by atoms with E-state index in [1.165, 1.54) is 0 Å². The van der Waals surface area contributed by atoms with E-state index in [2.05, 4.69) is 49.4 Å². The maximum Gasteiger partial charge on any atom is 0.189 e. The lowest BCUT2D eigenvalue weighted by Crippen LogP contribution is -2.51. The Bertz CT molecular complexity index is 890. The molecule has 0 unspecified atom stereocenters. The second-order valence-electron chi connectivity index (χ2n) is 7.09. The van der Waals surface area contributed by atoms with Gasteiger partial charge in [0.05, 0.1) is 11.4 Å². The van der Waals surface area contributed by atoms with E-state index in [0.29, 0.717) is 5.11 Å². The van der Waals surface area contributed by atoms with Crippen molar-refractivity contribution in [2.24, 2.45) is 5.10 Å². The number of hydrazone groups is 1. The molecule has 3 N–H and O–H groups in total. The number of aromatic nitrogens is 1. The Labute approximate surface area is 170 Å². The second kappa shape index (κ2) is 8.02. The predicted octanol–water partition coefficient (Wildman–Crippen LogP) is 1.90. The van der Waals surface area contributed by atoms with Gasteiger partial charge in [-0.3, -0.25) is 10.4 Å². The summed E-state index contributed by atoms with van der Waals surface area (Å²) in [6.45, 7) is 4.42. The van der Waals surface area contributed by atoms with Crippen LogP contribution in [0.15, 0.2) is 47.7 Å². The Morgan fingerprint density at radius 2 is 1.96 bits per heavy atom. The number of nitrogens with one attached hydrogen (secondary N) is 1. The van der Waals surface area contributed by atoms with E-state index in [9.17, 15) is 0 Å². The molecule has 1 fully saturated rings. The molecule has 0 aliphatic carbocycles. The summed E-state index contributed by atoms with van der Waals surface area (Å²) in [5.41, 5.74) is 13.9. The van der Waals surface area contributed by atoms with Gasteiger partial charge in [-0.25, -0.2) is 0 Å². The summed E-state index contributed by atoms with van der Waals surface area (Å²) < 4.78 is 0. The molecule has 146 valence electrons. The lowest BCUT2D eigenvalue weighted by atomic mass is 10.1. The second-order valence-corrected chi connectivity index (χ2v) is 7.47. The molecule has 1 saturated heterocycles. The molecular weight excluding hydrogens is 370 g/mol. The average molecular weight is 396 g/mol. The minimum atomic E-state index is 0.663. The number of nitrogens with two attached hydrogens (primary N) is 1. The molecule has 1 aromatic carbocycles. The third kappa shape index (κ3) is 3.87. The van der Waals surface area contributed by atoms with Crippen molar-refractivity contribution < 1.29 is 0 Å². The van der Waals surface area contributed by atoms with Gasteiger partial charge >= 0.3 is 0 Å². The Hall–Kier alpha value is -2.87. The van der Waals surface area contributed by atoms with Crippen LogP contribution in [0.25, 0.3) is 0 Å². The smallest absolute Gasteiger partial charge is 0.189 e. The van der Waals surface area contributed by atoms with Crippen molar-refractivity contribution >= 4 is 40.1 Å². The number of nitrogens with zero attached hydrogens (tertiary/aromatic N) is 5. The molecule has 0 atom stereocenters. The molecule has 3 heterocycles. The van der Waals surface area contributed by atoms with Gasteiger partial charge in [0, 0.05) is 63.8 Å². The normalized spacial score (nSPS) is 18.2. The van der Waals surface area contributed by atoms with Gasteiger partial charge in [0.25, 0.3) is 0 Å². The van der Waals surface area contributed by atoms with Crippen LogP contribution in [0.2, 0.25) is 0 Å². The molecule has 28 heavy (non-hydrogen) atoms. The maximum absolute atomic E-state index is 5.90. The quantitative estimate of drug-likeness (QED) is 0.457. The van der Waals surface area contributed by atoms with Crippen LogP contribution in [-0.2, 0) is 0 Å². The number of nitrogen functional groups attached to an aromatic ring is 1. The topological polar surface area (TPSA) is 73.0 Å². The van der Waals surface area contributed by atoms with Crippen molar-refractivity contribution in [2.75, 3.05) is 55.3 Å². The SMILES string of the molecule is CN1CC/C(=N/NC(=S)N2CCN(c3cccc(N)c3)CC2)c2ncccc21. The molecule has 0 amide bonds. The summed E-state index contributed by atoms with van der Waals surface area (Å²) in [4.78, 5) is 11.2. The number of anilines is 3. The highest BCUT2D eigenvalue weighted by atomic mass is 32.1. The van der Waals surface area contributed by atoms with E-state index in [0.717, 1.165) is 67.6 Å². The number of pyridine rings is 1. The first-order valence-corrected chi connectivity index (χ1v) is 9.91. The lowest BCUT2D eigenvalue weighted by molar-refractivity contribution is 0.381. The molecule has 0 saturated carbocycles. The lowest BCUT2D eigenvalue weighted by Gasteiger charge is -2.37.